The van der Waals surface area contributed by atoms with Crippen LogP contribution in [0.1, 0.15) is 5.56 Å². The van der Waals surface area contributed by atoms with Gasteiger partial charge in [-0.05, 0) is 18.2 Å². The number of thiazole rings is 1. The average molecular weight is 364 g/mol. The second-order valence-electron chi connectivity index (χ2n) is 5.16. The van der Waals surface area contributed by atoms with E-state index in [2.05, 4.69) is 9.88 Å². The number of aromatic nitrogens is 1. The van der Waals surface area contributed by atoms with Crippen LogP contribution in [0.4, 0.5) is 13.2 Å². The van der Waals surface area contributed by atoms with E-state index < -0.39 is 22.9 Å². The number of morpholine rings is 1. The second-order valence-corrected chi connectivity index (χ2v) is 7.94. The zero-order chi connectivity index (χ0) is 16.4. The van der Waals surface area contributed by atoms with Gasteiger partial charge in [-0.15, -0.1) is 0 Å². The minimum absolute atomic E-state index is 0.250. The first kappa shape index (κ1) is 17.0. The molecule has 0 radical (unpaired) electrons. The van der Waals surface area contributed by atoms with Crippen molar-refractivity contribution in [3.63, 3.8) is 0 Å². The van der Waals surface area contributed by atoms with Crippen LogP contribution in [0.5, 0.6) is 0 Å². The summed E-state index contributed by atoms with van der Waals surface area (Å²) in [5.41, 5.74) is -0.486. The number of rotatable bonds is 4. The highest BCUT2D eigenvalue weighted by Gasteiger charge is 2.31. The standard InChI is InChI=1S/C14H15F3N2O2S2/c15-14(16,17)10-1-2-12-11(9-10)18-13(22-12)23(20)8-5-19-3-6-21-7-4-19/h1-2,9H,3-8H2. The highest BCUT2D eigenvalue weighted by molar-refractivity contribution is 7.93. The van der Waals surface area contributed by atoms with Crippen LogP contribution in [0.25, 0.3) is 10.2 Å². The summed E-state index contributed by atoms with van der Waals surface area (Å²) in [4.78, 5) is 6.29. The van der Waals surface area contributed by atoms with E-state index in [0.29, 0.717) is 34.6 Å². The first-order valence-electron chi connectivity index (χ1n) is 7.10. The Morgan fingerprint density at radius 3 is 2.74 bits per heavy atom. The normalized spacial score (nSPS) is 18.4. The molecule has 9 heteroatoms. The van der Waals surface area contributed by atoms with E-state index in [1.807, 2.05) is 0 Å². The van der Waals surface area contributed by atoms with E-state index in [0.717, 1.165) is 25.2 Å². The third-order valence-corrected chi connectivity index (χ3v) is 6.26. The molecule has 1 aliphatic heterocycles. The smallest absolute Gasteiger partial charge is 0.416 e. The molecule has 0 saturated carbocycles. The minimum Gasteiger partial charge on any atom is -0.610 e. The molecule has 1 fully saturated rings. The highest BCUT2D eigenvalue weighted by atomic mass is 32.2. The van der Waals surface area contributed by atoms with Crippen LogP contribution in [0.3, 0.4) is 0 Å². The molecule has 1 aliphatic rings. The molecule has 23 heavy (non-hydrogen) atoms. The van der Waals surface area contributed by atoms with Crippen molar-refractivity contribution in [1.29, 1.82) is 0 Å². The lowest BCUT2D eigenvalue weighted by Crippen LogP contribution is -2.39. The Hall–Kier alpha value is -0.870. The van der Waals surface area contributed by atoms with Gasteiger partial charge < -0.3 is 9.29 Å². The summed E-state index contributed by atoms with van der Waals surface area (Å²) in [5.74, 6) is 0.423. The number of nitrogens with zero attached hydrogens (tertiary/aromatic N) is 2. The van der Waals surface area contributed by atoms with Crippen LogP contribution < -0.4 is 0 Å². The number of fused-ring (bicyclic) bond motifs is 1. The van der Waals surface area contributed by atoms with Gasteiger partial charge in [0.05, 0.1) is 29.0 Å². The van der Waals surface area contributed by atoms with Gasteiger partial charge in [0.15, 0.2) is 0 Å². The van der Waals surface area contributed by atoms with Crippen LogP contribution >= 0.6 is 11.3 Å². The van der Waals surface area contributed by atoms with Crippen molar-refractivity contribution >= 4 is 32.7 Å². The Balaban J connectivity index is 1.69. The fraction of sp³-hybridized carbons (Fsp3) is 0.500. The lowest BCUT2D eigenvalue weighted by Gasteiger charge is -2.26. The Labute approximate surface area is 138 Å². The van der Waals surface area contributed by atoms with E-state index >= 15 is 0 Å². The monoisotopic (exact) mass is 364 g/mol. The molecule has 1 unspecified atom stereocenters. The van der Waals surface area contributed by atoms with E-state index in [1.54, 1.807) is 0 Å². The fourth-order valence-electron chi connectivity index (χ4n) is 2.30. The maximum atomic E-state index is 12.7. The molecule has 0 aliphatic carbocycles. The molecule has 0 bridgehead atoms. The Bertz CT molecular complexity index is 672. The number of alkyl halides is 3. The molecule has 0 amide bonds. The van der Waals surface area contributed by atoms with E-state index in [9.17, 15) is 17.7 Å². The summed E-state index contributed by atoms with van der Waals surface area (Å²) in [7, 11) is 0. The first-order valence-corrected chi connectivity index (χ1v) is 9.23. The van der Waals surface area contributed by atoms with Crippen LogP contribution in [0, 0.1) is 0 Å². The van der Waals surface area contributed by atoms with Gasteiger partial charge >= 0.3 is 10.5 Å². The SMILES string of the molecule is [O-][S+](CCN1CCOCC1)c1nc2cc(C(F)(F)F)ccc2s1. The van der Waals surface area contributed by atoms with E-state index in [-0.39, 0.29) is 5.52 Å². The molecule has 1 saturated heterocycles. The van der Waals surface area contributed by atoms with Gasteiger partial charge in [-0.25, -0.2) is 0 Å². The lowest BCUT2D eigenvalue weighted by molar-refractivity contribution is -0.137. The molecule has 2 heterocycles. The van der Waals surface area contributed by atoms with Crippen LogP contribution in [0.15, 0.2) is 22.5 Å². The summed E-state index contributed by atoms with van der Waals surface area (Å²) in [6.07, 6.45) is -4.40. The van der Waals surface area contributed by atoms with Crippen molar-refractivity contribution in [3.05, 3.63) is 23.8 Å². The van der Waals surface area contributed by atoms with Gasteiger partial charge in [0, 0.05) is 30.8 Å². The maximum absolute atomic E-state index is 12.7. The lowest BCUT2D eigenvalue weighted by atomic mass is 10.2. The molecule has 3 rings (SSSR count). The van der Waals surface area contributed by atoms with Gasteiger partial charge in [-0.1, -0.05) is 11.3 Å². The quantitative estimate of drug-likeness (QED) is 0.783. The van der Waals surface area contributed by atoms with Crippen LogP contribution in [0.2, 0.25) is 0 Å². The number of ether oxygens (including phenoxy) is 1. The molecule has 1 atom stereocenters. The molecule has 0 N–H and O–H groups in total. The predicted molar refractivity (Wildman–Crippen MR) is 83.2 cm³/mol. The first-order chi connectivity index (χ1) is 10.9. The number of halogens is 3. The zero-order valence-corrected chi connectivity index (χ0v) is 13.8. The summed E-state index contributed by atoms with van der Waals surface area (Å²) in [6, 6.07) is 3.42. The summed E-state index contributed by atoms with van der Waals surface area (Å²) in [5, 5.41) is 0. The number of hydrogen-bond acceptors (Lipinski definition) is 5. The summed E-state index contributed by atoms with van der Waals surface area (Å²) < 4.78 is 56.7. The number of hydrogen-bond donors (Lipinski definition) is 0. The fourth-order valence-corrected chi connectivity index (χ4v) is 4.67. The van der Waals surface area contributed by atoms with E-state index in [4.69, 9.17) is 4.74 Å². The summed E-state index contributed by atoms with van der Waals surface area (Å²) in [6.45, 7) is 3.64. The molecule has 1 aromatic carbocycles. The zero-order valence-electron chi connectivity index (χ0n) is 12.1. The second kappa shape index (κ2) is 6.94. The molecule has 2 aromatic rings. The van der Waals surface area contributed by atoms with Crippen molar-refractivity contribution in [2.75, 3.05) is 38.6 Å². The number of benzene rings is 1. The van der Waals surface area contributed by atoms with Gasteiger partial charge in [0.1, 0.15) is 5.75 Å². The van der Waals surface area contributed by atoms with Crippen LogP contribution in [-0.4, -0.2) is 53.0 Å². The van der Waals surface area contributed by atoms with Crippen molar-refractivity contribution in [2.45, 2.75) is 10.5 Å². The predicted octanol–water partition coefficient (Wildman–Crippen LogP) is 2.75. The molecular weight excluding hydrogens is 349 g/mol. The average Bonchev–Trinajstić information content (AvgIpc) is 2.96. The van der Waals surface area contributed by atoms with Crippen molar-refractivity contribution in [1.82, 2.24) is 9.88 Å². The van der Waals surface area contributed by atoms with Crippen molar-refractivity contribution in [2.24, 2.45) is 0 Å². The van der Waals surface area contributed by atoms with Crippen LogP contribution in [-0.2, 0) is 22.1 Å². The highest BCUT2D eigenvalue weighted by Crippen LogP contribution is 2.33. The van der Waals surface area contributed by atoms with Gasteiger partial charge in [-0.2, -0.15) is 18.2 Å². The molecule has 0 spiro atoms. The molecule has 126 valence electrons. The topological polar surface area (TPSA) is 48.4 Å². The van der Waals surface area contributed by atoms with Gasteiger partial charge in [0.25, 0.3) is 0 Å². The van der Waals surface area contributed by atoms with Gasteiger partial charge in [-0.3, -0.25) is 4.90 Å². The molecule has 4 nitrogen and oxygen atoms in total. The minimum atomic E-state index is -4.40. The van der Waals surface area contributed by atoms with Crippen molar-refractivity contribution in [3.8, 4) is 0 Å². The molecular formula is C14H15F3N2O2S2. The summed E-state index contributed by atoms with van der Waals surface area (Å²) >= 11 is -0.112. The third-order valence-electron chi connectivity index (χ3n) is 3.59. The Kier molecular flexibility index (Phi) is 5.12. The maximum Gasteiger partial charge on any atom is 0.416 e. The Morgan fingerprint density at radius 2 is 2.04 bits per heavy atom. The van der Waals surface area contributed by atoms with E-state index in [1.165, 1.54) is 17.4 Å². The molecule has 1 aromatic heterocycles. The van der Waals surface area contributed by atoms with Gasteiger partial charge in [0.2, 0.25) is 0 Å². The van der Waals surface area contributed by atoms with Crippen molar-refractivity contribution < 1.29 is 22.5 Å². The largest absolute Gasteiger partial charge is 0.610 e. The Morgan fingerprint density at radius 1 is 1.30 bits per heavy atom. The third kappa shape index (κ3) is 4.16.